The molecule has 0 nitrogen and oxygen atoms in total. The maximum atomic E-state index is 2.53. The van der Waals surface area contributed by atoms with Crippen molar-refractivity contribution in [3.63, 3.8) is 0 Å². The van der Waals surface area contributed by atoms with Crippen molar-refractivity contribution >= 4 is 0 Å². The molecule has 2 fully saturated rings. The third kappa shape index (κ3) is 3.11. The molecule has 0 aromatic carbocycles. The number of rotatable bonds is 3. The van der Waals surface area contributed by atoms with Gasteiger partial charge in [0.1, 0.15) is 0 Å². The lowest BCUT2D eigenvalue weighted by Crippen LogP contribution is -2.36. The van der Waals surface area contributed by atoms with E-state index in [4.69, 9.17) is 0 Å². The molecular weight excluding hydrogens is 216 g/mol. The molecule has 0 aromatic rings. The first-order valence-electron chi connectivity index (χ1n) is 8.63. The maximum absolute atomic E-state index is 2.53. The van der Waals surface area contributed by atoms with Crippen LogP contribution in [-0.2, 0) is 0 Å². The molecule has 2 rings (SSSR count). The summed E-state index contributed by atoms with van der Waals surface area (Å²) < 4.78 is 0. The zero-order valence-corrected chi connectivity index (χ0v) is 13.1. The smallest absolute Gasteiger partial charge is 0.0355 e. The van der Waals surface area contributed by atoms with Crippen molar-refractivity contribution in [3.05, 3.63) is 0 Å². The lowest BCUT2D eigenvalue weighted by molar-refractivity contribution is 0.0543. The summed E-state index contributed by atoms with van der Waals surface area (Å²) in [7, 11) is 0. The van der Waals surface area contributed by atoms with Gasteiger partial charge in [-0.1, -0.05) is 66.2 Å². The van der Waals surface area contributed by atoms with Crippen molar-refractivity contribution < 1.29 is 0 Å². The highest BCUT2D eigenvalue weighted by atomic mass is 14.4. The Balaban J connectivity index is 2.06. The molecule has 2 aliphatic carbocycles. The fraction of sp³-hybridized carbons (Fsp3) is 1.00. The Kier molecular flexibility index (Phi) is 5.15. The van der Waals surface area contributed by atoms with E-state index in [9.17, 15) is 0 Å². The zero-order valence-electron chi connectivity index (χ0n) is 13.1. The van der Waals surface area contributed by atoms with Crippen LogP contribution in [0.15, 0.2) is 0 Å². The Labute approximate surface area is 115 Å². The summed E-state index contributed by atoms with van der Waals surface area (Å²) >= 11 is 0. The summed E-state index contributed by atoms with van der Waals surface area (Å²) in [5.41, 5.74) is 0. The molecule has 2 aliphatic rings. The Morgan fingerprint density at radius 3 is 2.17 bits per heavy atom. The Morgan fingerprint density at radius 1 is 0.833 bits per heavy atom. The SMILES string of the molecule is CCC(C1CCCCC1C)C1CC(C)CCC1C. The molecule has 2 saturated carbocycles. The monoisotopic (exact) mass is 250 g/mol. The molecule has 0 N–H and O–H groups in total. The summed E-state index contributed by atoms with van der Waals surface area (Å²) in [6.45, 7) is 10.0. The molecule has 0 bridgehead atoms. The van der Waals surface area contributed by atoms with Crippen LogP contribution < -0.4 is 0 Å². The van der Waals surface area contributed by atoms with Crippen molar-refractivity contribution in [3.8, 4) is 0 Å². The van der Waals surface area contributed by atoms with Crippen LogP contribution >= 0.6 is 0 Å². The molecular formula is C18H34. The van der Waals surface area contributed by atoms with Gasteiger partial charge in [0.2, 0.25) is 0 Å². The van der Waals surface area contributed by atoms with E-state index >= 15 is 0 Å². The van der Waals surface area contributed by atoms with E-state index < -0.39 is 0 Å². The quantitative estimate of drug-likeness (QED) is 0.584. The Bertz CT molecular complexity index is 244. The second kappa shape index (κ2) is 6.44. The van der Waals surface area contributed by atoms with Gasteiger partial charge in [0.25, 0.3) is 0 Å². The summed E-state index contributed by atoms with van der Waals surface area (Å²) in [6, 6.07) is 0. The second-order valence-electron chi connectivity index (χ2n) is 7.56. The predicted molar refractivity (Wildman–Crippen MR) is 80.6 cm³/mol. The van der Waals surface area contributed by atoms with Crippen LogP contribution in [-0.4, -0.2) is 0 Å². The molecule has 0 spiro atoms. The van der Waals surface area contributed by atoms with E-state index in [1.54, 1.807) is 0 Å². The fourth-order valence-corrected chi connectivity index (χ4v) is 5.08. The summed E-state index contributed by atoms with van der Waals surface area (Å²) in [5, 5.41) is 0. The largest absolute Gasteiger partial charge is 0.0651 e. The molecule has 6 unspecified atom stereocenters. The van der Waals surface area contributed by atoms with Gasteiger partial charge in [0.05, 0.1) is 0 Å². The van der Waals surface area contributed by atoms with E-state index in [2.05, 4.69) is 27.7 Å². The van der Waals surface area contributed by atoms with Crippen LogP contribution in [0.2, 0.25) is 0 Å². The maximum Gasteiger partial charge on any atom is -0.0355 e. The van der Waals surface area contributed by atoms with E-state index in [0.29, 0.717) is 0 Å². The van der Waals surface area contributed by atoms with Crippen LogP contribution in [0.5, 0.6) is 0 Å². The van der Waals surface area contributed by atoms with Gasteiger partial charge in [0.15, 0.2) is 0 Å². The minimum Gasteiger partial charge on any atom is -0.0651 e. The van der Waals surface area contributed by atoms with Crippen molar-refractivity contribution in [2.24, 2.45) is 35.5 Å². The van der Waals surface area contributed by atoms with Gasteiger partial charge in [0, 0.05) is 0 Å². The standard InChI is InChI=1S/C18H34/c1-5-16(17-9-7-6-8-14(17)3)18-12-13(2)10-11-15(18)4/h13-18H,5-12H2,1-4H3. The molecule has 0 amide bonds. The fourth-order valence-electron chi connectivity index (χ4n) is 5.08. The van der Waals surface area contributed by atoms with Gasteiger partial charge < -0.3 is 0 Å². The first kappa shape index (κ1) is 14.4. The topological polar surface area (TPSA) is 0 Å². The lowest BCUT2D eigenvalue weighted by Gasteiger charge is -2.44. The third-order valence-corrected chi connectivity index (χ3v) is 6.27. The summed E-state index contributed by atoms with van der Waals surface area (Å²) in [4.78, 5) is 0. The van der Waals surface area contributed by atoms with Gasteiger partial charge in [-0.15, -0.1) is 0 Å². The first-order valence-corrected chi connectivity index (χ1v) is 8.63. The number of hydrogen-bond acceptors (Lipinski definition) is 0. The highest BCUT2D eigenvalue weighted by Gasteiger charge is 2.37. The minimum atomic E-state index is 0.985. The molecule has 0 aliphatic heterocycles. The van der Waals surface area contributed by atoms with E-state index in [1.807, 2.05) is 0 Å². The number of hydrogen-bond donors (Lipinski definition) is 0. The van der Waals surface area contributed by atoms with Crippen molar-refractivity contribution in [1.29, 1.82) is 0 Å². The molecule has 0 heterocycles. The van der Waals surface area contributed by atoms with Crippen molar-refractivity contribution in [2.75, 3.05) is 0 Å². The van der Waals surface area contributed by atoms with Gasteiger partial charge in [-0.05, 0) is 48.3 Å². The Morgan fingerprint density at radius 2 is 1.50 bits per heavy atom. The van der Waals surface area contributed by atoms with Gasteiger partial charge >= 0.3 is 0 Å². The molecule has 0 heteroatoms. The van der Waals surface area contributed by atoms with E-state index in [0.717, 1.165) is 35.5 Å². The predicted octanol–water partition coefficient (Wildman–Crippen LogP) is 5.91. The third-order valence-electron chi connectivity index (χ3n) is 6.27. The lowest BCUT2D eigenvalue weighted by atomic mass is 9.61. The van der Waals surface area contributed by atoms with E-state index in [-0.39, 0.29) is 0 Å². The Hall–Kier alpha value is 0. The zero-order chi connectivity index (χ0) is 13.1. The van der Waals surface area contributed by atoms with Crippen LogP contribution in [0.3, 0.4) is 0 Å². The molecule has 106 valence electrons. The molecule has 18 heavy (non-hydrogen) atoms. The highest BCUT2D eigenvalue weighted by Crippen LogP contribution is 2.46. The second-order valence-corrected chi connectivity index (χ2v) is 7.56. The van der Waals surface area contributed by atoms with Gasteiger partial charge in [-0.2, -0.15) is 0 Å². The minimum absolute atomic E-state index is 0.985. The van der Waals surface area contributed by atoms with Crippen LogP contribution in [0.4, 0.5) is 0 Å². The van der Waals surface area contributed by atoms with Crippen molar-refractivity contribution in [2.45, 2.75) is 79.1 Å². The average molecular weight is 250 g/mol. The summed E-state index contributed by atoms with van der Waals surface area (Å²) in [5.74, 6) is 6.07. The van der Waals surface area contributed by atoms with Crippen LogP contribution in [0.25, 0.3) is 0 Å². The van der Waals surface area contributed by atoms with Gasteiger partial charge in [-0.25, -0.2) is 0 Å². The van der Waals surface area contributed by atoms with Crippen LogP contribution in [0.1, 0.15) is 79.1 Å². The molecule has 6 atom stereocenters. The summed E-state index contributed by atoms with van der Waals surface area (Å²) in [6.07, 6.45) is 11.9. The first-order chi connectivity index (χ1) is 8.63. The molecule has 0 saturated heterocycles. The normalized spacial score (nSPS) is 43.7. The van der Waals surface area contributed by atoms with E-state index in [1.165, 1.54) is 51.4 Å². The van der Waals surface area contributed by atoms with Crippen LogP contribution in [0, 0.1) is 35.5 Å². The highest BCUT2D eigenvalue weighted by molar-refractivity contribution is 4.87. The molecule has 0 aromatic heterocycles. The average Bonchev–Trinajstić information content (AvgIpc) is 2.36. The van der Waals surface area contributed by atoms with Crippen molar-refractivity contribution in [1.82, 2.24) is 0 Å². The van der Waals surface area contributed by atoms with Gasteiger partial charge in [-0.3, -0.25) is 0 Å². The molecule has 0 radical (unpaired) electrons.